The predicted molar refractivity (Wildman–Crippen MR) is 124 cm³/mol. The van der Waals surface area contributed by atoms with E-state index in [1.54, 1.807) is 0 Å². The van der Waals surface area contributed by atoms with Crippen LogP contribution in [0, 0.1) is 0 Å². The molecule has 5 nitrogen and oxygen atoms in total. The zero-order valence-electron chi connectivity index (χ0n) is 16.4. The van der Waals surface area contributed by atoms with Crippen LogP contribution in [0.3, 0.4) is 0 Å². The van der Waals surface area contributed by atoms with Crippen molar-refractivity contribution in [2.45, 2.75) is 6.54 Å². The summed E-state index contributed by atoms with van der Waals surface area (Å²) in [5.41, 5.74) is 2.96. The summed E-state index contributed by atoms with van der Waals surface area (Å²) in [6.07, 6.45) is 0. The topological polar surface area (TPSA) is 48.5 Å². The molecule has 1 aromatic heterocycles. The van der Waals surface area contributed by atoms with Crippen molar-refractivity contribution >= 4 is 45.6 Å². The van der Waals surface area contributed by atoms with E-state index in [4.69, 9.17) is 23.2 Å². The Morgan fingerprint density at radius 2 is 1.70 bits per heavy atom. The highest BCUT2D eigenvalue weighted by atomic mass is 35.5. The molecule has 156 valence electrons. The van der Waals surface area contributed by atoms with Crippen LogP contribution in [-0.2, 0) is 11.3 Å². The van der Waals surface area contributed by atoms with Crippen LogP contribution in [0.4, 0.5) is 5.13 Å². The minimum atomic E-state index is -0.0356. The Hall–Kier alpha value is -1.96. The molecule has 8 heteroatoms. The van der Waals surface area contributed by atoms with Gasteiger partial charge in [-0.1, -0.05) is 53.5 Å². The van der Waals surface area contributed by atoms with Crippen molar-refractivity contribution < 1.29 is 4.79 Å². The Morgan fingerprint density at radius 1 is 1.00 bits per heavy atom. The Labute approximate surface area is 190 Å². The quantitative estimate of drug-likeness (QED) is 0.569. The number of piperazine rings is 1. The van der Waals surface area contributed by atoms with Gasteiger partial charge < -0.3 is 5.32 Å². The molecule has 1 fully saturated rings. The number of carbonyl (C=O) groups is 1. The van der Waals surface area contributed by atoms with Crippen LogP contribution >= 0.6 is 34.5 Å². The van der Waals surface area contributed by atoms with E-state index in [2.05, 4.69) is 26.2 Å². The lowest BCUT2D eigenvalue weighted by Gasteiger charge is -2.34. The van der Waals surface area contributed by atoms with Crippen LogP contribution in [0.25, 0.3) is 11.3 Å². The summed E-state index contributed by atoms with van der Waals surface area (Å²) in [6.45, 7) is 4.74. The van der Waals surface area contributed by atoms with Gasteiger partial charge in [0, 0.05) is 53.7 Å². The summed E-state index contributed by atoms with van der Waals surface area (Å²) in [4.78, 5) is 21.5. The number of halogens is 2. The first-order valence-corrected chi connectivity index (χ1v) is 11.4. The number of anilines is 1. The van der Waals surface area contributed by atoms with E-state index >= 15 is 0 Å². The Morgan fingerprint density at radius 3 is 2.43 bits per heavy atom. The molecule has 1 aliphatic rings. The molecule has 30 heavy (non-hydrogen) atoms. The molecule has 1 amide bonds. The molecular weight excluding hydrogens is 439 g/mol. The number of benzene rings is 2. The minimum absolute atomic E-state index is 0.0356. The second-order valence-corrected chi connectivity index (χ2v) is 8.94. The molecule has 0 radical (unpaired) electrons. The highest BCUT2D eigenvalue weighted by molar-refractivity contribution is 7.14. The van der Waals surface area contributed by atoms with Crippen molar-refractivity contribution in [2.75, 3.05) is 38.0 Å². The molecule has 2 heterocycles. The Bertz CT molecular complexity index is 1000. The average molecular weight is 461 g/mol. The van der Waals surface area contributed by atoms with E-state index in [1.807, 2.05) is 47.8 Å². The number of hydrogen-bond acceptors (Lipinski definition) is 5. The zero-order chi connectivity index (χ0) is 20.9. The first-order chi connectivity index (χ1) is 14.6. The number of nitrogens with one attached hydrogen (secondary N) is 1. The van der Waals surface area contributed by atoms with Crippen LogP contribution in [0.15, 0.2) is 53.9 Å². The lowest BCUT2D eigenvalue weighted by molar-refractivity contribution is -0.117. The summed E-state index contributed by atoms with van der Waals surface area (Å²) >= 11 is 13.6. The van der Waals surface area contributed by atoms with Gasteiger partial charge in [0.05, 0.1) is 12.2 Å². The van der Waals surface area contributed by atoms with Gasteiger partial charge in [0.15, 0.2) is 5.13 Å². The van der Waals surface area contributed by atoms with E-state index in [1.165, 1.54) is 11.3 Å². The van der Waals surface area contributed by atoms with Crippen molar-refractivity contribution in [3.05, 3.63) is 69.5 Å². The second kappa shape index (κ2) is 9.90. The molecule has 1 aliphatic heterocycles. The third kappa shape index (κ3) is 5.59. The highest BCUT2D eigenvalue weighted by Crippen LogP contribution is 2.26. The number of carbonyl (C=O) groups excluding carboxylic acids is 1. The fourth-order valence-electron chi connectivity index (χ4n) is 3.42. The zero-order valence-corrected chi connectivity index (χ0v) is 18.7. The summed E-state index contributed by atoms with van der Waals surface area (Å²) in [5, 5.41) is 6.96. The third-order valence-corrected chi connectivity index (χ3v) is 6.45. The summed E-state index contributed by atoms with van der Waals surface area (Å²) < 4.78 is 0. The van der Waals surface area contributed by atoms with Crippen molar-refractivity contribution in [3.8, 4) is 11.3 Å². The smallest absolute Gasteiger partial charge is 0.240 e. The van der Waals surface area contributed by atoms with E-state index < -0.39 is 0 Å². The fourth-order valence-corrected chi connectivity index (χ4v) is 4.48. The third-order valence-electron chi connectivity index (χ3n) is 5.07. The van der Waals surface area contributed by atoms with Crippen molar-refractivity contribution in [1.82, 2.24) is 14.8 Å². The van der Waals surface area contributed by atoms with E-state index in [9.17, 15) is 4.79 Å². The minimum Gasteiger partial charge on any atom is -0.301 e. The van der Waals surface area contributed by atoms with Gasteiger partial charge in [-0.15, -0.1) is 11.3 Å². The lowest BCUT2D eigenvalue weighted by Crippen LogP contribution is -2.48. The molecule has 4 rings (SSSR count). The molecule has 0 unspecified atom stereocenters. The first kappa shape index (κ1) is 21.3. The standard InChI is InChI=1S/C22H22Cl2N4OS/c23-18-7-5-16(6-8-18)20-15-30-22(25-20)26-21(29)14-28-11-9-27(10-12-28)13-17-3-1-2-4-19(17)24/h1-8,15H,9-14H2,(H,25,26,29). The van der Waals surface area contributed by atoms with Crippen LogP contribution in [0.5, 0.6) is 0 Å². The van der Waals surface area contributed by atoms with Crippen LogP contribution in [0.1, 0.15) is 5.56 Å². The number of thiazole rings is 1. The molecule has 0 bridgehead atoms. The van der Waals surface area contributed by atoms with Crippen molar-refractivity contribution in [2.24, 2.45) is 0 Å². The van der Waals surface area contributed by atoms with E-state index in [-0.39, 0.29) is 5.91 Å². The number of amides is 1. The van der Waals surface area contributed by atoms with E-state index in [0.29, 0.717) is 16.7 Å². The van der Waals surface area contributed by atoms with Crippen molar-refractivity contribution in [1.29, 1.82) is 0 Å². The highest BCUT2D eigenvalue weighted by Gasteiger charge is 2.20. The van der Waals surface area contributed by atoms with Gasteiger partial charge in [-0.05, 0) is 23.8 Å². The maximum Gasteiger partial charge on any atom is 0.240 e. The van der Waals surface area contributed by atoms with Crippen LogP contribution in [-0.4, -0.2) is 53.4 Å². The molecule has 1 N–H and O–H groups in total. The lowest BCUT2D eigenvalue weighted by atomic mass is 10.2. The van der Waals surface area contributed by atoms with Gasteiger partial charge in [0.2, 0.25) is 5.91 Å². The second-order valence-electron chi connectivity index (χ2n) is 7.24. The van der Waals surface area contributed by atoms with Gasteiger partial charge in [-0.2, -0.15) is 0 Å². The summed E-state index contributed by atoms with van der Waals surface area (Å²) in [6, 6.07) is 15.5. The summed E-state index contributed by atoms with van der Waals surface area (Å²) in [7, 11) is 0. The number of aromatic nitrogens is 1. The van der Waals surface area contributed by atoms with E-state index in [0.717, 1.165) is 54.6 Å². The number of nitrogens with zero attached hydrogens (tertiary/aromatic N) is 3. The first-order valence-electron chi connectivity index (χ1n) is 9.76. The van der Waals surface area contributed by atoms with Gasteiger partial charge in [-0.3, -0.25) is 14.6 Å². The van der Waals surface area contributed by atoms with Crippen LogP contribution in [0.2, 0.25) is 10.0 Å². The number of rotatable bonds is 6. The van der Waals surface area contributed by atoms with Crippen molar-refractivity contribution in [3.63, 3.8) is 0 Å². The SMILES string of the molecule is O=C(CN1CCN(Cc2ccccc2Cl)CC1)Nc1nc(-c2ccc(Cl)cc2)cs1. The average Bonchev–Trinajstić information content (AvgIpc) is 3.20. The molecule has 0 spiro atoms. The Kier molecular flexibility index (Phi) is 7.02. The fraction of sp³-hybridized carbons (Fsp3) is 0.273. The normalized spacial score (nSPS) is 15.3. The largest absolute Gasteiger partial charge is 0.301 e. The molecular formula is C22H22Cl2N4OS. The molecule has 2 aromatic carbocycles. The maximum absolute atomic E-state index is 12.5. The predicted octanol–water partition coefficient (Wildman–Crippen LogP) is 4.87. The Balaban J connectivity index is 1.24. The van der Waals surface area contributed by atoms with Gasteiger partial charge in [0.25, 0.3) is 0 Å². The van der Waals surface area contributed by atoms with Gasteiger partial charge >= 0.3 is 0 Å². The molecule has 0 aliphatic carbocycles. The number of hydrogen-bond donors (Lipinski definition) is 1. The molecule has 3 aromatic rings. The molecule has 1 saturated heterocycles. The monoisotopic (exact) mass is 460 g/mol. The molecule has 0 atom stereocenters. The van der Waals surface area contributed by atoms with Gasteiger partial charge in [0.1, 0.15) is 0 Å². The maximum atomic E-state index is 12.5. The van der Waals surface area contributed by atoms with Crippen LogP contribution < -0.4 is 5.32 Å². The van der Waals surface area contributed by atoms with Gasteiger partial charge in [-0.25, -0.2) is 4.98 Å². The molecule has 0 saturated carbocycles. The summed E-state index contributed by atoms with van der Waals surface area (Å²) in [5.74, 6) is -0.0356.